The van der Waals surface area contributed by atoms with Crippen LogP contribution in [0.4, 0.5) is 11.5 Å². The normalized spacial score (nSPS) is 14.3. The highest BCUT2D eigenvalue weighted by Gasteiger charge is 2.14. The van der Waals surface area contributed by atoms with Gasteiger partial charge in [-0.15, -0.1) is 0 Å². The molecule has 1 N–H and O–H groups in total. The summed E-state index contributed by atoms with van der Waals surface area (Å²) in [6, 6.07) is 9.97. The molecule has 1 aliphatic rings. The van der Waals surface area contributed by atoms with Crippen molar-refractivity contribution in [2.24, 2.45) is 0 Å². The monoisotopic (exact) mass is 328 g/mol. The second-order valence-corrected chi connectivity index (χ2v) is 5.34. The molecule has 0 unspecified atom stereocenters. The smallest absolute Gasteiger partial charge is 0.376 e. The molecule has 0 spiro atoms. The highest BCUT2D eigenvalue weighted by atomic mass is 16.5. The van der Waals surface area contributed by atoms with E-state index in [-0.39, 0.29) is 5.82 Å². The molecule has 24 heavy (non-hydrogen) atoms. The van der Waals surface area contributed by atoms with E-state index in [1.165, 1.54) is 19.0 Å². The van der Waals surface area contributed by atoms with Crippen LogP contribution in [0.15, 0.2) is 36.5 Å². The molecule has 0 aliphatic carbocycles. The second kappa shape index (κ2) is 7.74. The van der Waals surface area contributed by atoms with E-state index in [0.717, 1.165) is 31.9 Å². The fourth-order valence-corrected chi connectivity index (χ4v) is 2.61. The summed E-state index contributed by atoms with van der Waals surface area (Å²) in [5.74, 6) is 0.0820. The molecule has 0 amide bonds. The lowest BCUT2D eigenvalue weighted by atomic mass is 10.1. The van der Waals surface area contributed by atoms with Crippen molar-refractivity contribution < 1.29 is 14.3 Å². The summed E-state index contributed by atoms with van der Waals surface area (Å²) < 4.78 is 10.1. The van der Waals surface area contributed by atoms with Crippen molar-refractivity contribution in [3.63, 3.8) is 0 Å². The minimum absolute atomic E-state index is 0.0453. The Balaban J connectivity index is 1.72. The molecule has 0 atom stereocenters. The first-order valence-corrected chi connectivity index (χ1v) is 7.84. The molecule has 1 aromatic carbocycles. The number of esters is 1. The number of nitrogens with zero attached hydrogens (tertiary/aromatic N) is 3. The molecule has 2 heterocycles. The number of rotatable bonds is 5. The van der Waals surface area contributed by atoms with Gasteiger partial charge in [-0.25, -0.2) is 14.8 Å². The third kappa shape index (κ3) is 3.80. The van der Waals surface area contributed by atoms with Gasteiger partial charge in [0, 0.05) is 31.5 Å². The molecule has 0 bridgehead atoms. The van der Waals surface area contributed by atoms with Crippen molar-refractivity contribution in [2.45, 2.75) is 6.54 Å². The fourth-order valence-electron chi connectivity index (χ4n) is 2.61. The van der Waals surface area contributed by atoms with Gasteiger partial charge in [0.25, 0.3) is 0 Å². The Labute approximate surface area is 140 Å². The maximum Gasteiger partial charge on any atom is 0.376 e. The Morgan fingerprint density at radius 3 is 2.88 bits per heavy atom. The number of carbonyl (C=O) groups excluding carboxylic acids is 1. The van der Waals surface area contributed by atoms with E-state index in [0.29, 0.717) is 12.4 Å². The lowest BCUT2D eigenvalue weighted by Gasteiger charge is -2.30. The van der Waals surface area contributed by atoms with Gasteiger partial charge in [0.15, 0.2) is 0 Å². The summed E-state index contributed by atoms with van der Waals surface area (Å²) in [6.45, 7) is 3.87. The predicted octanol–water partition coefficient (Wildman–Crippen LogP) is 1.71. The van der Waals surface area contributed by atoms with Crippen LogP contribution in [0.2, 0.25) is 0 Å². The molecule has 3 rings (SSSR count). The van der Waals surface area contributed by atoms with Crippen LogP contribution in [-0.4, -0.2) is 49.4 Å². The minimum Gasteiger partial charge on any atom is -0.463 e. The van der Waals surface area contributed by atoms with E-state index in [1.54, 1.807) is 6.07 Å². The molecular weight excluding hydrogens is 308 g/mol. The molecule has 2 aromatic rings. The van der Waals surface area contributed by atoms with Crippen molar-refractivity contribution in [1.29, 1.82) is 0 Å². The SMILES string of the molecule is COC(=O)c1nccc(NCc2ccccc2N2CCOCC2)n1. The second-order valence-electron chi connectivity index (χ2n) is 5.34. The van der Waals surface area contributed by atoms with Gasteiger partial charge in [-0.1, -0.05) is 18.2 Å². The quantitative estimate of drug-likeness (QED) is 0.837. The first-order chi connectivity index (χ1) is 11.8. The van der Waals surface area contributed by atoms with Gasteiger partial charge in [-0.05, 0) is 17.7 Å². The number of hydrogen-bond donors (Lipinski definition) is 1. The van der Waals surface area contributed by atoms with Gasteiger partial charge in [0.05, 0.1) is 20.3 Å². The Morgan fingerprint density at radius 2 is 2.08 bits per heavy atom. The molecule has 7 heteroatoms. The number of carbonyl (C=O) groups is 1. The number of methoxy groups -OCH3 is 1. The molecule has 0 radical (unpaired) electrons. The van der Waals surface area contributed by atoms with Crippen molar-refractivity contribution in [3.05, 3.63) is 47.9 Å². The van der Waals surface area contributed by atoms with E-state index in [1.807, 2.05) is 12.1 Å². The van der Waals surface area contributed by atoms with Crippen LogP contribution in [0, 0.1) is 0 Å². The van der Waals surface area contributed by atoms with E-state index in [9.17, 15) is 4.79 Å². The molecule has 1 saturated heterocycles. The Bertz CT molecular complexity index is 702. The minimum atomic E-state index is -0.549. The largest absolute Gasteiger partial charge is 0.463 e. The molecule has 1 aromatic heterocycles. The van der Waals surface area contributed by atoms with Crippen molar-refractivity contribution in [1.82, 2.24) is 9.97 Å². The van der Waals surface area contributed by atoms with Crippen LogP contribution in [0.1, 0.15) is 16.2 Å². The zero-order valence-electron chi connectivity index (χ0n) is 13.6. The number of ether oxygens (including phenoxy) is 2. The molecular formula is C17H20N4O3. The van der Waals surface area contributed by atoms with E-state index in [2.05, 4.69) is 37.1 Å². The van der Waals surface area contributed by atoms with E-state index in [4.69, 9.17) is 4.74 Å². The standard InChI is InChI=1S/C17H20N4O3/c1-23-17(22)16-18-7-6-15(20-16)19-12-13-4-2-3-5-14(13)21-8-10-24-11-9-21/h2-7H,8-12H2,1H3,(H,18,19,20). The van der Waals surface area contributed by atoms with Crippen LogP contribution >= 0.6 is 0 Å². The number of para-hydroxylation sites is 1. The number of nitrogens with one attached hydrogen (secondary N) is 1. The lowest BCUT2D eigenvalue weighted by Crippen LogP contribution is -2.36. The van der Waals surface area contributed by atoms with Crippen LogP contribution < -0.4 is 10.2 Å². The number of aromatic nitrogens is 2. The topological polar surface area (TPSA) is 76.6 Å². The van der Waals surface area contributed by atoms with Gasteiger partial charge in [-0.3, -0.25) is 0 Å². The third-order valence-electron chi connectivity index (χ3n) is 3.83. The molecule has 7 nitrogen and oxygen atoms in total. The van der Waals surface area contributed by atoms with Gasteiger partial charge in [0.2, 0.25) is 5.82 Å². The van der Waals surface area contributed by atoms with Gasteiger partial charge in [0.1, 0.15) is 5.82 Å². The fraction of sp³-hybridized carbons (Fsp3) is 0.353. The summed E-state index contributed by atoms with van der Waals surface area (Å²) in [5, 5.41) is 3.24. The molecule has 0 saturated carbocycles. The number of hydrogen-bond acceptors (Lipinski definition) is 7. The molecule has 1 aliphatic heterocycles. The third-order valence-corrected chi connectivity index (χ3v) is 3.83. The first kappa shape index (κ1) is 16.2. The molecule has 1 fully saturated rings. The Morgan fingerprint density at radius 1 is 1.29 bits per heavy atom. The highest BCUT2D eigenvalue weighted by Crippen LogP contribution is 2.22. The number of morpholine rings is 1. The van der Waals surface area contributed by atoms with Crippen molar-refractivity contribution in [3.8, 4) is 0 Å². The van der Waals surface area contributed by atoms with Crippen LogP contribution in [0.3, 0.4) is 0 Å². The van der Waals surface area contributed by atoms with Crippen LogP contribution in [-0.2, 0) is 16.0 Å². The maximum absolute atomic E-state index is 11.5. The van der Waals surface area contributed by atoms with E-state index >= 15 is 0 Å². The predicted molar refractivity (Wildman–Crippen MR) is 90.2 cm³/mol. The van der Waals surface area contributed by atoms with E-state index < -0.39 is 5.97 Å². The lowest BCUT2D eigenvalue weighted by molar-refractivity contribution is 0.0587. The van der Waals surface area contributed by atoms with Gasteiger partial charge < -0.3 is 19.7 Å². The van der Waals surface area contributed by atoms with Gasteiger partial charge in [-0.2, -0.15) is 0 Å². The summed E-state index contributed by atoms with van der Waals surface area (Å²) >= 11 is 0. The zero-order chi connectivity index (χ0) is 16.8. The summed E-state index contributed by atoms with van der Waals surface area (Å²) in [7, 11) is 1.31. The summed E-state index contributed by atoms with van der Waals surface area (Å²) in [4.78, 5) is 21.9. The maximum atomic E-state index is 11.5. The average molecular weight is 328 g/mol. The summed E-state index contributed by atoms with van der Waals surface area (Å²) in [6.07, 6.45) is 1.54. The first-order valence-electron chi connectivity index (χ1n) is 7.84. The average Bonchev–Trinajstić information content (AvgIpc) is 2.67. The number of anilines is 2. The van der Waals surface area contributed by atoms with Crippen molar-refractivity contribution in [2.75, 3.05) is 43.6 Å². The van der Waals surface area contributed by atoms with Crippen molar-refractivity contribution >= 4 is 17.5 Å². The Hall–Kier alpha value is -2.67. The van der Waals surface area contributed by atoms with Crippen LogP contribution in [0.5, 0.6) is 0 Å². The Kier molecular flexibility index (Phi) is 5.22. The van der Waals surface area contributed by atoms with Crippen LogP contribution in [0.25, 0.3) is 0 Å². The summed E-state index contributed by atoms with van der Waals surface area (Å²) in [5.41, 5.74) is 2.35. The van der Waals surface area contributed by atoms with Gasteiger partial charge >= 0.3 is 5.97 Å². The number of benzene rings is 1. The molecule has 126 valence electrons. The zero-order valence-corrected chi connectivity index (χ0v) is 13.6. The highest BCUT2D eigenvalue weighted by molar-refractivity contribution is 5.85.